The van der Waals surface area contributed by atoms with Crippen molar-refractivity contribution in [2.75, 3.05) is 5.32 Å². The number of rotatable bonds is 3. The third-order valence-corrected chi connectivity index (χ3v) is 3.07. The molecule has 0 radical (unpaired) electrons. The summed E-state index contributed by atoms with van der Waals surface area (Å²) in [6.45, 7) is 9.79. The molecule has 0 bridgehead atoms. The lowest BCUT2D eigenvalue weighted by molar-refractivity contribution is 0.195. The van der Waals surface area contributed by atoms with E-state index < -0.39 is 6.10 Å². The highest BCUT2D eigenvalue weighted by Crippen LogP contribution is 2.25. The van der Waals surface area contributed by atoms with Crippen LogP contribution >= 0.6 is 0 Å². The van der Waals surface area contributed by atoms with Crippen LogP contribution in [0.25, 0.3) is 5.65 Å². The van der Waals surface area contributed by atoms with Gasteiger partial charge in [0.1, 0.15) is 17.5 Å². The summed E-state index contributed by atoms with van der Waals surface area (Å²) < 4.78 is 1.65. The van der Waals surface area contributed by atoms with Crippen LogP contribution in [0.4, 0.5) is 5.82 Å². The molecule has 0 aliphatic carbocycles. The molecule has 21 heavy (non-hydrogen) atoms. The molecule has 112 valence electrons. The molecule has 0 saturated carbocycles. The molecule has 0 fully saturated rings. The van der Waals surface area contributed by atoms with Crippen molar-refractivity contribution >= 4 is 11.5 Å². The summed E-state index contributed by atoms with van der Waals surface area (Å²) in [5.74, 6) is 0.785. The second-order valence-corrected chi connectivity index (χ2v) is 6.36. The number of aliphatic hydroxyl groups is 1. The average molecular weight is 287 g/mol. The number of aryl methyl sites for hydroxylation is 1. The maximum Gasteiger partial charge on any atom is 0.175 e. The molecule has 0 aliphatic heterocycles. The van der Waals surface area contributed by atoms with Crippen LogP contribution in [0.2, 0.25) is 0 Å². The van der Waals surface area contributed by atoms with Gasteiger partial charge in [0.05, 0.1) is 12.3 Å². The third kappa shape index (κ3) is 3.14. The smallest absolute Gasteiger partial charge is 0.175 e. The van der Waals surface area contributed by atoms with E-state index in [1.807, 2.05) is 6.92 Å². The molecular formula is C15H21N5O. The fourth-order valence-electron chi connectivity index (χ4n) is 2.24. The summed E-state index contributed by atoms with van der Waals surface area (Å²) in [6.07, 6.45) is 1.52. The quantitative estimate of drug-likeness (QED) is 0.902. The Morgan fingerprint density at radius 2 is 2.14 bits per heavy atom. The van der Waals surface area contributed by atoms with E-state index in [0.29, 0.717) is 17.6 Å². The molecule has 6 nitrogen and oxygen atoms in total. The molecular weight excluding hydrogens is 266 g/mol. The van der Waals surface area contributed by atoms with Crippen molar-refractivity contribution in [3.8, 4) is 6.07 Å². The van der Waals surface area contributed by atoms with Crippen LogP contribution in [0.5, 0.6) is 0 Å². The Labute approximate surface area is 124 Å². The van der Waals surface area contributed by atoms with Crippen molar-refractivity contribution in [1.29, 1.82) is 5.26 Å². The zero-order chi connectivity index (χ0) is 15.8. The fourth-order valence-corrected chi connectivity index (χ4v) is 2.24. The van der Waals surface area contributed by atoms with Gasteiger partial charge in [-0.15, -0.1) is 0 Å². The monoisotopic (exact) mass is 287 g/mol. The molecule has 2 heterocycles. The zero-order valence-corrected chi connectivity index (χ0v) is 13.1. The zero-order valence-electron chi connectivity index (χ0n) is 13.1. The standard InChI is InChI=1S/C15H21N5O/c1-9(21)6-12-10(2)18-13-11(7-16)8-17-20(13)14(12)19-15(3,4)5/h8-9,19,21H,6H2,1-5H3/t9-/m1/s1. The molecule has 0 saturated heterocycles. The third-order valence-electron chi connectivity index (χ3n) is 3.07. The van der Waals surface area contributed by atoms with E-state index in [9.17, 15) is 5.11 Å². The minimum absolute atomic E-state index is 0.174. The highest BCUT2D eigenvalue weighted by atomic mass is 16.3. The van der Waals surface area contributed by atoms with Crippen molar-refractivity contribution in [3.63, 3.8) is 0 Å². The van der Waals surface area contributed by atoms with E-state index in [2.05, 4.69) is 42.2 Å². The van der Waals surface area contributed by atoms with Crippen molar-refractivity contribution in [2.24, 2.45) is 0 Å². The van der Waals surface area contributed by atoms with Gasteiger partial charge in [0.2, 0.25) is 0 Å². The Kier molecular flexibility index (Phi) is 3.88. The van der Waals surface area contributed by atoms with Crippen LogP contribution < -0.4 is 5.32 Å². The molecule has 2 N–H and O–H groups in total. The van der Waals surface area contributed by atoms with E-state index >= 15 is 0 Å². The molecule has 0 aliphatic rings. The minimum atomic E-state index is -0.477. The van der Waals surface area contributed by atoms with Crippen LogP contribution in [0.1, 0.15) is 44.5 Å². The van der Waals surface area contributed by atoms with Crippen LogP contribution in [-0.2, 0) is 6.42 Å². The topological polar surface area (TPSA) is 86.2 Å². The number of aliphatic hydroxyl groups excluding tert-OH is 1. The van der Waals surface area contributed by atoms with Crippen LogP contribution in [-0.4, -0.2) is 31.3 Å². The van der Waals surface area contributed by atoms with Crippen LogP contribution in [0.3, 0.4) is 0 Å². The largest absolute Gasteiger partial charge is 0.393 e. The molecule has 0 amide bonds. The van der Waals surface area contributed by atoms with Gasteiger partial charge in [0, 0.05) is 23.2 Å². The SMILES string of the molecule is Cc1nc2c(C#N)cnn2c(NC(C)(C)C)c1C[C@@H](C)O. The van der Waals surface area contributed by atoms with Crippen molar-refractivity contribution in [1.82, 2.24) is 14.6 Å². The maximum atomic E-state index is 9.74. The Balaban J connectivity index is 2.73. The Morgan fingerprint density at radius 3 is 2.67 bits per heavy atom. The molecule has 6 heteroatoms. The Hall–Kier alpha value is -2.13. The van der Waals surface area contributed by atoms with E-state index in [0.717, 1.165) is 17.1 Å². The fraction of sp³-hybridized carbons (Fsp3) is 0.533. The number of nitrogens with one attached hydrogen (secondary N) is 1. The van der Waals surface area contributed by atoms with Crippen LogP contribution in [0.15, 0.2) is 6.20 Å². The second-order valence-electron chi connectivity index (χ2n) is 6.36. The van der Waals surface area contributed by atoms with Gasteiger partial charge in [-0.25, -0.2) is 4.98 Å². The molecule has 0 aromatic carbocycles. The first kappa shape index (κ1) is 15.3. The number of anilines is 1. The predicted octanol–water partition coefficient (Wildman–Crippen LogP) is 2.04. The lowest BCUT2D eigenvalue weighted by Gasteiger charge is -2.25. The highest BCUT2D eigenvalue weighted by molar-refractivity contribution is 5.62. The van der Waals surface area contributed by atoms with Crippen LogP contribution in [0, 0.1) is 18.3 Å². The van der Waals surface area contributed by atoms with Crippen molar-refractivity contribution in [2.45, 2.75) is 52.7 Å². The summed E-state index contributed by atoms with van der Waals surface area (Å²) >= 11 is 0. The van der Waals surface area contributed by atoms with Gasteiger partial charge in [-0.05, 0) is 34.6 Å². The highest BCUT2D eigenvalue weighted by Gasteiger charge is 2.21. The van der Waals surface area contributed by atoms with E-state index in [1.165, 1.54) is 6.20 Å². The Bertz CT molecular complexity index is 703. The molecule has 0 spiro atoms. The van der Waals surface area contributed by atoms with Gasteiger partial charge in [0.15, 0.2) is 5.65 Å². The lowest BCUT2D eigenvalue weighted by Crippen LogP contribution is -2.29. The Morgan fingerprint density at radius 1 is 1.48 bits per heavy atom. The van der Waals surface area contributed by atoms with E-state index in [1.54, 1.807) is 11.4 Å². The normalized spacial score (nSPS) is 13.2. The molecule has 2 rings (SSSR count). The summed E-state index contributed by atoms with van der Waals surface area (Å²) in [6, 6.07) is 2.10. The average Bonchev–Trinajstić information content (AvgIpc) is 2.74. The molecule has 0 unspecified atom stereocenters. The second kappa shape index (κ2) is 5.34. The van der Waals surface area contributed by atoms with Crippen molar-refractivity contribution < 1.29 is 5.11 Å². The first-order chi connectivity index (χ1) is 9.73. The molecule has 2 aromatic heterocycles. The van der Waals surface area contributed by atoms with Gasteiger partial charge in [-0.1, -0.05) is 0 Å². The van der Waals surface area contributed by atoms with Gasteiger partial charge in [-0.2, -0.15) is 14.9 Å². The predicted molar refractivity (Wildman–Crippen MR) is 81.2 cm³/mol. The van der Waals surface area contributed by atoms with E-state index in [4.69, 9.17) is 5.26 Å². The van der Waals surface area contributed by atoms with Gasteiger partial charge in [0.25, 0.3) is 0 Å². The number of hydrogen-bond donors (Lipinski definition) is 2. The first-order valence-corrected chi connectivity index (χ1v) is 6.96. The number of nitriles is 1. The minimum Gasteiger partial charge on any atom is -0.393 e. The van der Waals surface area contributed by atoms with E-state index in [-0.39, 0.29) is 5.54 Å². The number of nitrogens with zero attached hydrogens (tertiary/aromatic N) is 4. The molecule has 2 aromatic rings. The number of aromatic nitrogens is 3. The molecule has 1 atom stereocenters. The summed E-state index contributed by atoms with van der Waals surface area (Å²) in [5, 5.41) is 26.6. The van der Waals surface area contributed by atoms with Gasteiger partial charge < -0.3 is 10.4 Å². The van der Waals surface area contributed by atoms with Crippen molar-refractivity contribution in [3.05, 3.63) is 23.0 Å². The van der Waals surface area contributed by atoms with Gasteiger partial charge >= 0.3 is 0 Å². The number of hydrogen-bond acceptors (Lipinski definition) is 5. The lowest BCUT2D eigenvalue weighted by atomic mass is 10.0. The summed E-state index contributed by atoms with van der Waals surface area (Å²) in [7, 11) is 0. The first-order valence-electron chi connectivity index (χ1n) is 6.96. The number of fused-ring (bicyclic) bond motifs is 1. The summed E-state index contributed by atoms with van der Waals surface area (Å²) in [5.41, 5.74) is 2.52. The van der Waals surface area contributed by atoms with Gasteiger partial charge in [-0.3, -0.25) is 0 Å². The maximum absolute atomic E-state index is 9.74. The summed E-state index contributed by atoms with van der Waals surface area (Å²) in [4.78, 5) is 4.48.